The van der Waals surface area contributed by atoms with Gasteiger partial charge in [-0.1, -0.05) is 63.3 Å². The normalized spacial score (nSPS) is 16.4. The quantitative estimate of drug-likeness (QED) is 0.220. The van der Waals surface area contributed by atoms with E-state index in [1.807, 2.05) is 37.3 Å². The molecule has 36 heavy (non-hydrogen) atoms. The molecule has 3 rings (SSSR count). The highest BCUT2D eigenvalue weighted by molar-refractivity contribution is 5.91. The van der Waals surface area contributed by atoms with Crippen molar-refractivity contribution in [1.29, 1.82) is 0 Å². The number of carbonyl (C=O) groups excluding carboxylic acids is 2. The first kappa shape index (κ1) is 27.3. The highest BCUT2D eigenvalue weighted by Crippen LogP contribution is 2.27. The lowest BCUT2D eigenvalue weighted by Crippen LogP contribution is -2.18. The van der Waals surface area contributed by atoms with Gasteiger partial charge in [0.1, 0.15) is 12.7 Å². The van der Waals surface area contributed by atoms with Crippen LogP contribution in [0.1, 0.15) is 80.4 Å². The van der Waals surface area contributed by atoms with Gasteiger partial charge in [-0.3, -0.25) is 0 Å². The zero-order valence-electron chi connectivity index (χ0n) is 22.2. The predicted molar refractivity (Wildman–Crippen MR) is 143 cm³/mol. The highest BCUT2D eigenvalue weighted by Gasteiger charge is 2.30. The van der Waals surface area contributed by atoms with Crippen molar-refractivity contribution < 1.29 is 19.1 Å². The number of esters is 2. The van der Waals surface area contributed by atoms with Crippen molar-refractivity contribution in [1.82, 2.24) is 0 Å². The largest absolute Gasteiger partial charge is 0.458 e. The van der Waals surface area contributed by atoms with E-state index >= 15 is 0 Å². The molecule has 190 valence electrons. The van der Waals surface area contributed by atoms with E-state index < -0.39 is 12.1 Å². The van der Waals surface area contributed by atoms with Gasteiger partial charge in [0, 0.05) is 23.1 Å². The third-order valence-electron chi connectivity index (χ3n) is 6.21. The molecule has 0 saturated carbocycles. The molecule has 1 fully saturated rings. The lowest BCUT2D eigenvalue weighted by Gasteiger charge is -2.19. The first-order valence-electron chi connectivity index (χ1n) is 13.0. The van der Waals surface area contributed by atoms with Gasteiger partial charge < -0.3 is 9.47 Å². The van der Waals surface area contributed by atoms with Crippen LogP contribution < -0.4 is 0 Å². The third kappa shape index (κ3) is 8.72. The van der Waals surface area contributed by atoms with Crippen molar-refractivity contribution in [3.8, 4) is 11.8 Å². The molecule has 0 spiro atoms. The van der Waals surface area contributed by atoms with E-state index in [-0.39, 0.29) is 12.6 Å². The van der Waals surface area contributed by atoms with Crippen LogP contribution in [-0.4, -0.2) is 24.6 Å². The van der Waals surface area contributed by atoms with Gasteiger partial charge >= 0.3 is 11.9 Å². The Hall–Kier alpha value is -3.32. The molecular weight excluding hydrogens is 448 g/mol. The van der Waals surface area contributed by atoms with E-state index in [0.717, 1.165) is 30.4 Å². The Balaban J connectivity index is 1.50. The standard InChI is InChI=1S/C32H38O4/c1-22(2)18-27(19-23(3)4)14-17-29-20-30(36-32(29)34)21-35-31(33)28-15-12-26(13-16-28)11-10-25-8-6-24(5)7-9-25/h6-9,12-13,15-17,22-23,27,30H,14,18-21H2,1-5H3/b29-17+. The van der Waals surface area contributed by atoms with Crippen molar-refractivity contribution in [3.63, 3.8) is 0 Å². The fraction of sp³-hybridized carbons (Fsp3) is 0.438. The second-order valence-electron chi connectivity index (χ2n) is 10.6. The Labute approximate surface area is 216 Å². The Bertz CT molecular complexity index is 1100. The molecule has 4 nitrogen and oxygen atoms in total. The van der Waals surface area contributed by atoms with Crippen LogP contribution >= 0.6 is 0 Å². The predicted octanol–water partition coefficient (Wildman–Crippen LogP) is 6.89. The maximum Gasteiger partial charge on any atom is 0.338 e. The smallest absolute Gasteiger partial charge is 0.338 e. The number of hydrogen-bond donors (Lipinski definition) is 0. The summed E-state index contributed by atoms with van der Waals surface area (Å²) in [4.78, 5) is 24.8. The topological polar surface area (TPSA) is 52.6 Å². The number of cyclic esters (lactones) is 1. The Morgan fingerprint density at radius 2 is 1.53 bits per heavy atom. The fourth-order valence-corrected chi connectivity index (χ4v) is 4.51. The molecule has 2 aromatic rings. The van der Waals surface area contributed by atoms with Crippen LogP contribution in [0.4, 0.5) is 0 Å². The summed E-state index contributed by atoms with van der Waals surface area (Å²) in [6, 6.07) is 15.0. The van der Waals surface area contributed by atoms with Gasteiger partial charge in [0.2, 0.25) is 0 Å². The maximum atomic E-state index is 12.5. The Morgan fingerprint density at radius 1 is 0.972 bits per heavy atom. The van der Waals surface area contributed by atoms with Crippen molar-refractivity contribution in [2.75, 3.05) is 6.61 Å². The highest BCUT2D eigenvalue weighted by atomic mass is 16.6. The summed E-state index contributed by atoms with van der Waals surface area (Å²) in [6.07, 6.45) is 5.27. The molecule has 1 atom stereocenters. The van der Waals surface area contributed by atoms with Crippen LogP contribution in [0.15, 0.2) is 60.2 Å². The minimum Gasteiger partial charge on any atom is -0.458 e. The van der Waals surface area contributed by atoms with Crippen LogP contribution in [0.25, 0.3) is 0 Å². The van der Waals surface area contributed by atoms with E-state index in [4.69, 9.17) is 9.47 Å². The Morgan fingerprint density at radius 3 is 2.08 bits per heavy atom. The molecule has 1 heterocycles. The molecule has 1 unspecified atom stereocenters. The summed E-state index contributed by atoms with van der Waals surface area (Å²) >= 11 is 0. The summed E-state index contributed by atoms with van der Waals surface area (Å²) in [5.74, 6) is 7.32. The van der Waals surface area contributed by atoms with E-state index in [1.165, 1.54) is 5.56 Å². The molecule has 2 aromatic carbocycles. The summed E-state index contributed by atoms with van der Waals surface area (Å²) in [5, 5.41) is 0. The number of carbonyl (C=O) groups is 2. The van der Waals surface area contributed by atoms with Crippen LogP contribution in [0, 0.1) is 36.5 Å². The minimum atomic E-state index is -0.435. The first-order valence-corrected chi connectivity index (χ1v) is 13.0. The van der Waals surface area contributed by atoms with Crippen molar-refractivity contribution in [2.45, 2.75) is 66.4 Å². The van der Waals surface area contributed by atoms with Gasteiger partial charge in [0.15, 0.2) is 0 Å². The van der Waals surface area contributed by atoms with E-state index in [0.29, 0.717) is 35.3 Å². The number of aryl methyl sites for hydroxylation is 1. The summed E-state index contributed by atoms with van der Waals surface area (Å²) < 4.78 is 10.9. The lowest BCUT2D eigenvalue weighted by molar-refractivity contribution is -0.140. The molecule has 0 N–H and O–H groups in total. The van der Waals surface area contributed by atoms with E-state index in [9.17, 15) is 9.59 Å². The minimum absolute atomic E-state index is 0.0539. The van der Waals surface area contributed by atoms with Gasteiger partial charge in [-0.25, -0.2) is 9.59 Å². The fourth-order valence-electron chi connectivity index (χ4n) is 4.51. The second kappa shape index (κ2) is 13.1. The average Bonchev–Trinajstić information content (AvgIpc) is 3.19. The second-order valence-corrected chi connectivity index (χ2v) is 10.6. The van der Waals surface area contributed by atoms with Gasteiger partial charge in [-0.15, -0.1) is 0 Å². The van der Waals surface area contributed by atoms with Gasteiger partial charge in [-0.2, -0.15) is 0 Å². The molecule has 0 aromatic heterocycles. The Kier molecular flexibility index (Phi) is 9.94. The molecule has 0 radical (unpaired) electrons. The molecule has 4 heteroatoms. The van der Waals surface area contributed by atoms with Crippen LogP contribution in [0.3, 0.4) is 0 Å². The number of allylic oxidation sites excluding steroid dienone is 1. The van der Waals surface area contributed by atoms with Crippen LogP contribution in [0.2, 0.25) is 0 Å². The van der Waals surface area contributed by atoms with E-state index in [1.54, 1.807) is 24.3 Å². The summed E-state index contributed by atoms with van der Waals surface area (Å²) in [7, 11) is 0. The van der Waals surface area contributed by atoms with E-state index in [2.05, 4.69) is 39.5 Å². The van der Waals surface area contributed by atoms with Gasteiger partial charge in [-0.05, 0) is 80.3 Å². The van der Waals surface area contributed by atoms with Crippen molar-refractivity contribution in [2.24, 2.45) is 17.8 Å². The molecule has 0 aliphatic carbocycles. The van der Waals surface area contributed by atoms with Crippen molar-refractivity contribution in [3.05, 3.63) is 82.4 Å². The molecule has 1 aliphatic heterocycles. The average molecular weight is 487 g/mol. The van der Waals surface area contributed by atoms with Crippen LogP contribution in [0.5, 0.6) is 0 Å². The number of rotatable bonds is 9. The lowest BCUT2D eigenvalue weighted by atomic mass is 9.86. The SMILES string of the molecule is Cc1ccc(C#Cc2ccc(C(=O)OCC3C/C(=C\CC(CC(C)C)CC(C)C)C(=O)O3)cc2)cc1. The molecule has 1 saturated heterocycles. The number of ether oxygens (including phenoxy) is 2. The molecular formula is C32H38O4. The van der Waals surface area contributed by atoms with Gasteiger partial charge in [0.25, 0.3) is 0 Å². The number of benzene rings is 2. The zero-order chi connectivity index (χ0) is 26.1. The summed E-state index contributed by atoms with van der Waals surface area (Å²) in [5.41, 5.74) is 4.10. The first-order chi connectivity index (χ1) is 17.2. The monoisotopic (exact) mass is 486 g/mol. The zero-order valence-corrected chi connectivity index (χ0v) is 22.2. The molecule has 1 aliphatic rings. The van der Waals surface area contributed by atoms with Crippen LogP contribution in [-0.2, 0) is 14.3 Å². The third-order valence-corrected chi connectivity index (χ3v) is 6.21. The van der Waals surface area contributed by atoms with Gasteiger partial charge in [0.05, 0.1) is 5.56 Å². The summed E-state index contributed by atoms with van der Waals surface area (Å²) in [6.45, 7) is 11.0. The molecule has 0 amide bonds. The molecule has 0 bridgehead atoms. The van der Waals surface area contributed by atoms with Crippen molar-refractivity contribution >= 4 is 11.9 Å². The number of hydrogen-bond acceptors (Lipinski definition) is 4. The maximum absolute atomic E-state index is 12.5.